The Hall–Kier alpha value is -0.770. The van der Waals surface area contributed by atoms with Gasteiger partial charge in [-0.2, -0.15) is 0 Å². The highest BCUT2D eigenvalue weighted by Crippen LogP contribution is 2.36. The van der Waals surface area contributed by atoms with Crippen LogP contribution in [0.2, 0.25) is 0 Å². The number of hydrogen-bond acceptors (Lipinski definition) is 2. The summed E-state index contributed by atoms with van der Waals surface area (Å²) in [6, 6.07) is 0.661. The lowest BCUT2D eigenvalue weighted by molar-refractivity contribution is 0.138. The molecule has 0 bridgehead atoms. The van der Waals surface area contributed by atoms with Crippen LogP contribution in [0.3, 0.4) is 0 Å². The van der Waals surface area contributed by atoms with Gasteiger partial charge in [-0.1, -0.05) is 26.7 Å². The average molecular weight is 254 g/mol. The van der Waals surface area contributed by atoms with E-state index in [2.05, 4.69) is 19.2 Å². The molecule has 0 saturated heterocycles. The fraction of sp³-hybridized carbons (Fsp3) is 0.929. The van der Waals surface area contributed by atoms with Crippen LogP contribution in [0, 0.1) is 5.41 Å². The van der Waals surface area contributed by atoms with Gasteiger partial charge in [0.2, 0.25) is 0 Å². The molecule has 4 nitrogen and oxygen atoms in total. The molecule has 0 aromatic carbocycles. The molecule has 0 spiro atoms. The van der Waals surface area contributed by atoms with Crippen LogP contribution in [-0.4, -0.2) is 41.3 Å². The summed E-state index contributed by atoms with van der Waals surface area (Å²) in [4.78, 5) is 14.1. The maximum Gasteiger partial charge on any atom is 0.317 e. The first kappa shape index (κ1) is 13.7. The minimum Gasteiger partial charge on any atom is -0.395 e. The monoisotopic (exact) mass is 254 g/mol. The van der Waals surface area contributed by atoms with Gasteiger partial charge in [-0.05, 0) is 31.1 Å². The molecular formula is C14H26N2O2. The summed E-state index contributed by atoms with van der Waals surface area (Å²) in [5.41, 5.74) is 0.197. The first-order chi connectivity index (χ1) is 8.54. The van der Waals surface area contributed by atoms with Crippen molar-refractivity contribution in [3.63, 3.8) is 0 Å². The lowest BCUT2D eigenvalue weighted by Crippen LogP contribution is -2.52. The fourth-order valence-electron chi connectivity index (χ4n) is 2.94. The summed E-state index contributed by atoms with van der Waals surface area (Å²) >= 11 is 0. The fourth-order valence-corrected chi connectivity index (χ4v) is 2.94. The van der Waals surface area contributed by atoms with Crippen molar-refractivity contribution in [2.75, 3.05) is 13.2 Å². The summed E-state index contributed by atoms with van der Waals surface area (Å²) in [7, 11) is 0. The Kier molecular flexibility index (Phi) is 4.15. The van der Waals surface area contributed by atoms with E-state index in [-0.39, 0.29) is 24.1 Å². The quantitative estimate of drug-likeness (QED) is 0.807. The van der Waals surface area contributed by atoms with Gasteiger partial charge in [-0.25, -0.2) is 4.79 Å². The molecule has 1 unspecified atom stereocenters. The normalized spacial score (nSPS) is 26.7. The Morgan fingerprint density at radius 2 is 2.06 bits per heavy atom. The van der Waals surface area contributed by atoms with Gasteiger partial charge < -0.3 is 15.3 Å². The molecule has 1 atom stereocenters. The number of urea groups is 1. The van der Waals surface area contributed by atoms with Crippen LogP contribution in [0.5, 0.6) is 0 Å². The summed E-state index contributed by atoms with van der Waals surface area (Å²) < 4.78 is 0. The van der Waals surface area contributed by atoms with E-state index in [9.17, 15) is 4.79 Å². The molecule has 0 aromatic rings. The molecule has 18 heavy (non-hydrogen) atoms. The van der Waals surface area contributed by atoms with E-state index in [1.807, 2.05) is 4.90 Å². The predicted molar refractivity (Wildman–Crippen MR) is 71.4 cm³/mol. The number of hydrogen-bond donors (Lipinski definition) is 2. The molecule has 2 rings (SSSR count). The third-order valence-corrected chi connectivity index (χ3v) is 4.39. The van der Waals surface area contributed by atoms with Gasteiger partial charge in [0, 0.05) is 18.6 Å². The lowest BCUT2D eigenvalue weighted by Gasteiger charge is -2.40. The Balaban J connectivity index is 1.92. The van der Waals surface area contributed by atoms with Gasteiger partial charge in [-0.3, -0.25) is 0 Å². The molecule has 2 aliphatic rings. The molecule has 0 radical (unpaired) electrons. The number of nitrogens with zero attached hydrogens (tertiary/aromatic N) is 1. The molecule has 2 saturated carbocycles. The highest BCUT2D eigenvalue weighted by Gasteiger charge is 2.37. The number of aliphatic hydroxyl groups excluding tert-OH is 1. The zero-order valence-electron chi connectivity index (χ0n) is 11.6. The van der Waals surface area contributed by atoms with Gasteiger partial charge in [0.25, 0.3) is 0 Å². The minimum absolute atomic E-state index is 0.0199. The Morgan fingerprint density at radius 3 is 2.61 bits per heavy atom. The van der Waals surface area contributed by atoms with Crippen LogP contribution in [0.1, 0.15) is 52.4 Å². The summed E-state index contributed by atoms with van der Waals surface area (Å²) in [6.07, 6.45) is 6.90. The van der Waals surface area contributed by atoms with E-state index in [0.29, 0.717) is 12.6 Å². The summed E-state index contributed by atoms with van der Waals surface area (Å²) in [5, 5.41) is 12.2. The van der Waals surface area contributed by atoms with Gasteiger partial charge in [-0.15, -0.1) is 0 Å². The summed E-state index contributed by atoms with van der Waals surface area (Å²) in [5.74, 6) is 0. The highest BCUT2D eigenvalue weighted by molar-refractivity contribution is 5.75. The molecule has 2 amide bonds. The van der Waals surface area contributed by atoms with Crippen molar-refractivity contribution in [3.8, 4) is 0 Å². The lowest BCUT2D eigenvalue weighted by atomic mass is 9.73. The van der Waals surface area contributed by atoms with Crippen LogP contribution in [0.25, 0.3) is 0 Å². The van der Waals surface area contributed by atoms with Crippen LogP contribution in [0.4, 0.5) is 4.79 Å². The molecule has 0 aromatic heterocycles. The maximum absolute atomic E-state index is 12.3. The first-order valence-electron chi connectivity index (χ1n) is 7.22. The third-order valence-electron chi connectivity index (χ3n) is 4.39. The molecule has 2 aliphatic carbocycles. The predicted octanol–water partition coefficient (Wildman–Crippen LogP) is 2.12. The molecule has 2 fully saturated rings. The van der Waals surface area contributed by atoms with Gasteiger partial charge >= 0.3 is 6.03 Å². The Labute approximate surface area is 110 Å². The van der Waals surface area contributed by atoms with Gasteiger partial charge in [0.15, 0.2) is 0 Å². The number of nitrogens with one attached hydrogen (secondary N) is 1. The smallest absolute Gasteiger partial charge is 0.317 e. The second-order valence-corrected chi connectivity index (χ2v) is 6.38. The van der Waals surface area contributed by atoms with Crippen LogP contribution >= 0.6 is 0 Å². The SMILES string of the molecule is CC1(C)CCCCC1NC(=O)N(CCO)C1CC1. The largest absolute Gasteiger partial charge is 0.395 e. The molecule has 4 heteroatoms. The Bertz CT molecular complexity index is 300. The number of rotatable bonds is 4. The molecule has 104 valence electrons. The summed E-state index contributed by atoms with van der Waals surface area (Å²) in [6.45, 7) is 5.00. The van der Waals surface area contributed by atoms with E-state index < -0.39 is 0 Å². The topological polar surface area (TPSA) is 52.6 Å². The van der Waals surface area contributed by atoms with Crippen molar-refractivity contribution in [2.24, 2.45) is 5.41 Å². The van der Waals surface area contributed by atoms with Gasteiger partial charge in [0.1, 0.15) is 0 Å². The van der Waals surface area contributed by atoms with Crippen molar-refractivity contribution in [1.82, 2.24) is 10.2 Å². The van der Waals surface area contributed by atoms with E-state index in [1.54, 1.807) is 0 Å². The van der Waals surface area contributed by atoms with Crippen LogP contribution < -0.4 is 5.32 Å². The first-order valence-corrected chi connectivity index (χ1v) is 7.22. The molecule has 0 heterocycles. The number of amides is 2. The number of carbonyl (C=O) groups excluding carboxylic acids is 1. The van der Waals surface area contributed by atoms with Crippen molar-refractivity contribution < 1.29 is 9.90 Å². The van der Waals surface area contributed by atoms with Crippen LogP contribution in [-0.2, 0) is 0 Å². The molecular weight excluding hydrogens is 228 g/mol. The van der Waals surface area contributed by atoms with E-state index >= 15 is 0 Å². The molecule has 2 N–H and O–H groups in total. The third kappa shape index (κ3) is 3.16. The number of aliphatic hydroxyl groups is 1. The Morgan fingerprint density at radius 1 is 1.33 bits per heavy atom. The van der Waals surface area contributed by atoms with E-state index in [1.165, 1.54) is 19.3 Å². The van der Waals surface area contributed by atoms with Crippen molar-refractivity contribution >= 4 is 6.03 Å². The van der Waals surface area contributed by atoms with E-state index in [0.717, 1.165) is 19.3 Å². The highest BCUT2D eigenvalue weighted by atomic mass is 16.3. The molecule has 0 aliphatic heterocycles. The van der Waals surface area contributed by atoms with Crippen molar-refractivity contribution in [3.05, 3.63) is 0 Å². The average Bonchev–Trinajstić information content (AvgIpc) is 3.12. The van der Waals surface area contributed by atoms with Gasteiger partial charge in [0.05, 0.1) is 6.61 Å². The maximum atomic E-state index is 12.3. The zero-order valence-corrected chi connectivity index (χ0v) is 11.6. The minimum atomic E-state index is 0.0199. The second kappa shape index (κ2) is 5.47. The van der Waals surface area contributed by atoms with Crippen molar-refractivity contribution in [2.45, 2.75) is 64.5 Å². The zero-order chi connectivity index (χ0) is 13.2. The number of carbonyl (C=O) groups is 1. The van der Waals surface area contributed by atoms with Crippen LogP contribution in [0.15, 0.2) is 0 Å². The standard InChI is InChI=1S/C14H26N2O2/c1-14(2)8-4-3-5-12(14)15-13(18)16(9-10-17)11-6-7-11/h11-12,17H,3-10H2,1-2H3,(H,15,18). The second-order valence-electron chi connectivity index (χ2n) is 6.38. The van der Waals surface area contributed by atoms with Crippen molar-refractivity contribution in [1.29, 1.82) is 0 Å². The van der Waals surface area contributed by atoms with E-state index in [4.69, 9.17) is 5.11 Å².